The van der Waals surface area contributed by atoms with Crippen LogP contribution >= 0.6 is 19.4 Å². The van der Waals surface area contributed by atoms with Crippen molar-refractivity contribution in [3.63, 3.8) is 0 Å². The fraction of sp³-hybridized carbons (Fsp3) is 0.118. The van der Waals surface area contributed by atoms with E-state index in [9.17, 15) is 9.59 Å². The van der Waals surface area contributed by atoms with E-state index in [0.29, 0.717) is 33.6 Å². The van der Waals surface area contributed by atoms with Crippen LogP contribution in [0.25, 0.3) is 34.0 Å². The van der Waals surface area contributed by atoms with Crippen molar-refractivity contribution < 1.29 is 23.4 Å². The van der Waals surface area contributed by atoms with E-state index >= 15 is 4.57 Å². The first-order valence-electron chi connectivity index (χ1n) is 14.6. The summed E-state index contributed by atoms with van der Waals surface area (Å²) in [6, 6.07) is 24.6. The fourth-order valence-corrected chi connectivity index (χ4v) is 7.83. The number of hydrogen-bond donors (Lipinski definition) is 3. The van der Waals surface area contributed by atoms with Gasteiger partial charge in [0.2, 0.25) is 0 Å². The third kappa shape index (κ3) is 6.85. The van der Waals surface area contributed by atoms with Crippen LogP contribution in [0.5, 0.6) is 5.75 Å². The van der Waals surface area contributed by atoms with Crippen LogP contribution in [0.15, 0.2) is 107 Å². The predicted octanol–water partition coefficient (Wildman–Crippen LogP) is 6.78. The Bertz CT molecular complexity index is 2160. The molecule has 0 saturated heterocycles. The van der Waals surface area contributed by atoms with E-state index in [0.717, 1.165) is 20.7 Å². The lowest BCUT2D eigenvalue weighted by molar-refractivity contribution is -0.142. The SMILES string of the molecule is CNC(=O)c1ccccc1Sc1ccc2c(/C=C/c3ccccn3)nn(P(=O)(N[C@@H](C)C(=O)OC)Oc3ccc4[nH]ccc4c3)c2c1. The molecule has 0 radical (unpaired) electrons. The first kappa shape index (κ1) is 31.8. The van der Waals surface area contributed by atoms with Gasteiger partial charge in [-0.15, -0.1) is 0 Å². The van der Waals surface area contributed by atoms with Crippen LogP contribution in [0.3, 0.4) is 0 Å². The van der Waals surface area contributed by atoms with Gasteiger partial charge >= 0.3 is 13.6 Å². The molecule has 0 fully saturated rings. The van der Waals surface area contributed by atoms with Gasteiger partial charge in [0.25, 0.3) is 5.91 Å². The van der Waals surface area contributed by atoms with Gasteiger partial charge in [-0.2, -0.15) is 9.55 Å². The number of esters is 1. The molecule has 3 aromatic carbocycles. The van der Waals surface area contributed by atoms with Crippen LogP contribution in [0.1, 0.15) is 28.7 Å². The Morgan fingerprint density at radius 1 is 1.02 bits per heavy atom. The standard InChI is InChI=1S/C34H31N6O5PS/c1-22(34(42)44-3)39-46(43,45-25-12-16-29-23(20-25)17-19-37-29)40-31-21-26(47-32-10-5-4-9-28(32)33(41)35-2)13-14-27(31)30(38-40)15-11-24-8-6-7-18-36-24/h4-22,37H,1-3H3,(H,35,41)(H,39,43)/b15-11+/t22-,46?/m0/s1. The summed E-state index contributed by atoms with van der Waals surface area (Å²) in [6.45, 7) is 1.54. The number of benzene rings is 3. The number of carbonyl (C=O) groups is 2. The van der Waals surface area contributed by atoms with Crippen molar-refractivity contribution >= 4 is 65.3 Å². The monoisotopic (exact) mass is 666 g/mol. The molecule has 6 rings (SSSR count). The molecule has 47 heavy (non-hydrogen) atoms. The van der Waals surface area contributed by atoms with Crippen molar-refractivity contribution in [3.8, 4) is 5.75 Å². The summed E-state index contributed by atoms with van der Waals surface area (Å²) in [7, 11) is -1.36. The molecule has 3 aromatic heterocycles. The number of nitrogens with zero attached hydrogens (tertiary/aromatic N) is 3. The van der Waals surface area contributed by atoms with Crippen LogP contribution in [0.2, 0.25) is 0 Å². The first-order valence-corrected chi connectivity index (χ1v) is 17.0. The second kappa shape index (κ2) is 13.7. The highest BCUT2D eigenvalue weighted by Crippen LogP contribution is 2.48. The Kier molecular flexibility index (Phi) is 9.26. The zero-order valence-electron chi connectivity index (χ0n) is 25.7. The van der Waals surface area contributed by atoms with E-state index in [2.05, 4.69) is 20.4 Å². The summed E-state index contributed by atoms with van der Waals surface area (Å²) >= 11 is 1.38. The van der Waals surface area contributed by atoms with Crippen LogP contribution in [0, 0.1) is 0 Å². The van der Waals surface area contributed by atoms with Gasteiger partial charge in [0, 0.05) is 45.5 Å². The Balaban J connectivity index is 1.50. The molecule has 0 bridgehead atoms. The third-order valence-corrected chi connectivity index (χ3v) is 10.3. The van der Waals surface area contributed by atoms with Gasteiger partial charge in [0.05, 0.1) is 29.6 Å². The molecular weight excluding hydrogens is 635 g/mol. The van der Waals surface area contributed by atoms with Crippen molar-refractivity contribution in [1.29, 1.82) is 0 Å². The minimum Gasteiger partial charge on any atom is -0.468 e. The van der Waals surface area contributed by atoms with Crippen molar-refractivity contribution in [2.24, 2.45) is 0 Å². The lowest BCUT2D eigenvalue weighted by Gasteiger charge is -2.23. The molecule has 1 amide bonds. The molecule has 13 heteroatoms. The molecule has 2 atom stereocenters. The molecule has 6 aromatic rings. The Morgan fingerprint density at radius 3 is 2.64 bits per heavy atom. The minimum atomic E-state index is -4.21. The van der Waals surface area contributed by atoms with Gasteiger partial charge in [-0.3, -0.25) is 14.6 Å². The van der Waals surface area contributed by atoms with Crippen LogP contribution in [0.4, 0.5) is 0 Å². The van der Waals surface area contributed by atoms with Crippen LogP contribution in [-0.2, 0) is 14.1 Å². The average molecular weight is 667 g/mol. The number of aromatic nitrogens is 4. The number of carbonyl (C=O) groups excluding carboxylic acids is 2. The van der Waals surface area contributed by atoms with E-state index in [1.54, 1.807) is 56.7 Å². The molecule has 0 aliphatic heterocycles. The maximum atomic E-state index is 15.1. The Hall–Kier alpha value is -5.16. The van der Waals surface area contributed by atoms with Gasteiger partial charge in [0.1, 0.15) is 11.8 Å². The van der Waals surface area contributed by atoms with Crippen molar-refractivity contribution in [1.82, 2.24) is 29.9 Å². The third-order valence-electron chi connectivity index (χ3n) is 7.26. The predicted molar refractivity (Wildman–Crippen MR) is 183 cm³/mol. The number of aromatic amines is 1. The molecule has 11 nitrogen and oxygen atoms in total. The van der Waals surface area contributed by atoms with Crippen LogP contribution < -0.4 is 14.9 Å². The second-order valence-electron chi connectivity index (χ2n) is 10.4. The number of pyridine rings is 1. The maximum Gasteiger partial charge on any atom is 0.440 e. The van der Waals surface area contributed by atoms with Gasteiger partial charge < -0.3 is 19.6 Å². The number of rotatable bonds is 11. The summed E-state index contributed by atoms with van der Waals surface area (Å²) in [5, 5.41) is 11.9. The summed E-state index contributed by atoms with van der Waals surface area (Å²) in [5.74, 6) is -0.521. The normalized spacial score (nSPS) is 13.4. The van der Waals surface area contributed by atoms with E-state index in [4.69, 9.17) is 14.4 Å². The van der Waals surface area contributed by atoms with Gasteiger partial charge in [-0.25, -0.2) is 9.65 Å². The second-order valence-corrected chi connectivity index (χ2v) is 13.4. The lowest BCUT2D eigenvalue weighted by Crippen LogP contribution is -2.36. The number of amides is 1. The van der Waals surface area contributed by atoms with Gasteiger partial charge in [0.15, 0.2) is 0 Å². The molecule has 0 saturated carbocycles. The topological polar surface area (TPSA) is 140 Å². The van der Waals surface area contributed by atoms with E-state index in [-0.39, 0.29) is 5.91 Å². The quantitative estimate of drug-likeness (QED) is 0.101. The Morgan fingerprint density at radius 2 is 1.85 bits per heavy atom. The lowest BCUT2D eigenvalue weighted by atomic mass is 10.2. The van der Waals surface area contributed by atoms with Gasteiger partial charge in [-0.1, -0.05) is 30.0 Å². The highest BCUT2D eigenvalue weighted by Gasteiger charge is 2.36. The maximum absolute atomic E-state index is 15.1. The molecule has 238 valence electrons. The highest BCUT2D eigenvalue weighted by molar-refractivity contribution is 7.99. The largest absolute Gasteiger partial charge is 0.468 e. The Labute approximate surface area is 274 Å². The highest BCUT2D eigenvalue weighted by atomic mass is 32.2. The van der Waals surface area contributed by atoms with E-state index < -0.39 is 19.7 Å². The van der Waals surface area contributed by atoms with E-state index in [1.807, 2.05) is 66.7 Å². The minimum absolute atomic E-state index is 0.209. The molecule has 0 aliphatic carbocycles. The van der Waals surface area contributed by atoms with E-state index in [1.165, 1.54) is 23.3 Å². The van der Waals surface area contributed by atoms with Crippen molar-refractivity contribution in [2.75, 3.05) is 14.2 Å². The zero-order valence-corrected chi connectivity index (χ0v) is 27.4. The van der Waals surface area contributed by atoms with Crippen molar-refractivity contribution in [3.05, 3.63) is 114 Å². The molecule has 0 spiro atoms. The van der Waals surface area contributed by atoms with Crippen molar-refractivity contribution in [2.45, 2.75) is 22.8 Å². The summed E-state index contributed by atoms with van der Waals surface area (Å²) in [6.07, 6.45) is 7.09. The first-order chi connectivity index (χ1) is 22.8. The van der Waals surface area contributed by atoms with Crippen LogP contribution in [-0.4, -0.2) is 51.6 Å². The van der Waals surface area contributed by atoms with Gasteiger partial charge in [-0.05, 0) is 85.8 Å². The number of ether oxygens (including phenoxy) is 1. The number of nitrogens with one attached hydrogen (secondary N) is 3. The molecule has 1 unspecified atom stereocenters. The fourth-order valence-electron chi connectivity index (χ4n) is 4.96. The summed E-state index contributed by atoms with van der Waals surface area (Å²) in [4.78, 5) is 34.1. The molecular formula is C34H31N6O5PS. The zero-order chi connectivity index (χ0) is 33.0. The molecule has 3 heterocycles. The number of H-pyrrole nitrogens is 1. The summed E-state index contributed by atoms with van der Waals surface area (Å²) in [5.41, 5.74) is 3.10. The average Bonchev–Trinajstić information content (AvgIpc) is 3.71. The molecule has 0 aliphatic rings. The smallest absolute Gasteiger partial charge is 0.440 e. The summed E-state index contributed by atoms with van der Waals surface area (Å²) < 4.78 is 27.6. The molecule has 3 N–H and O–H groups in total. The number of hydrogen-bond acceptors (Lipinski definition) is 8. The number of fused-ring (bicyclic) bond motifs is 2. The number of methoxy groups -OCH3 is 1.